The molecule has 174 valence electrons. The summed E-state index contributed by atoms with van der Waals surface area (Å²) in [6, 6.07) is 29.5. The number of hydrogen-bond donors (Lipinski definition) is 2. The number of rotatable bonds is 3. The number of azo groups is 1. The number of para-hydroxylation sites is 1. The summed E-state index contributed by atoms with van der Waals surface area (Å²) in [7, 11) is 0. The van der Waals surface area contributed by atoms with E-state index in [1.807, 2.05) is 86.6 Å². The van der Waals surface area contributed by atoms with Crippen LogP contribution in [0.15, 0.2) is 101 Å². The highest BCUT2D eigenvalue weighted by Crippen LogP contribution is 2.36. The molecule has 6 nitrogen and oxygen atoms in total. The van der Waals surface area contributed by atoms with E-state index in [0.29, 0.717) is 17.1 Å². The highest BCUT2D eigenvalue weighted by Gasteiger charge is 2.22. The molecule has 0 saturated carbocycles. The minimum Gasteiger partial charge on any atom is -0.505 e. The molecule has 0 unspecified atom stereocenters. The number of benzene rings is 5. The van der Waals surface area contributed by atoms with E-state index in [1.165, 1.54) is 0 Å². The van der Waals surface area contributed by atoms with Crippen LogP contribution in [-0.4, -0.2) is 10.1 Å². The van der Waals surface area contributed by atoms with Crippen LogP contribution >= 0.6 is 0 Å². The van der Waals surface area contributed by atoms with Gasteiger partial charge in [0, 0.05) is 35.3 Å². The number of nitrogens with two attached hydrogens (primary N) is 1. The van der Waals surface area contributed by atoms with Crippen molar-refractivity contribution in [3.05, 3.63) is 102 Å². The van der Waals surface area contributed by atoms with Gasteiger partial charge in [-0.2, -0.15) is 0 Å². The minimum atomic E-state index is 0.119. The number of aromatic nitrogens is 2. The van der Waals surface area contributed by atoms with Gasteiger partial charge in [-0.05, 0) is 48.6 Å². The van der Waals surface area contributed by atoms with Crippen LogP contribution in [0.5, 0.6) is 5.75 Å². The maximum Gasteiger partial charge on any atom is 0.239 e. The predicted molar refractivity (Wildman–Crippen MR) is 144 cm³/mol. The highest BCUT2D eigenvalue weighted by atomic mass is 16.3. The van der Waals surface area contributed by atoms with E-state index < -0.39 is 0 Å². The van der Waals surface area contributed by atoms with Gasteiger partial charge < -0.3 is 10.8 Å². The van der Waals surface area contributed by atoms with Crippen molar-refractivity contribution in [1.29, 1.82) is 0 Å². The fourth-order valence-corrected chi connectivity index (χ4v) is 4.56. The summed E-state index contributed by atoms with van der Waals surface area (Å²) in [6.07, 6.45) is 0. The van der Waals surface area contributed by atoms with E-state index in [2.05, 4.69) is 26.9 Å². The third kappa shape index (κ3) is 3.60. The van der Waals surface area contributed by atoms with Gasteiger partial charge in [0.05, 0.1) is 5.69 Å². The molecule has 0 radical (unpaired) electrons. The Kier molecular flexibility index (Phi) is 5.08. The van der Waals surface area contributed by atoms with Crippen LogP contribution < -0.4 is 10.3 Å². The van der Waals surface area contributed by atoms with Crippen molar-refractivity contribution in [1.82, 2.24) is 4.98 Å². The molecule has 6 rings (SSSR count). The Morgan fingerprint density at radius 2 is 1.39 bits per heavy atom. The Morgan fingerprint density at radius 1 is 0.722 bits per heavy atom. The lowest BCUT2D eigenvalue weighted by Gasteiger charge is -2.09. The molecule has 0 aliphatic carbocycles. The molecule has 0 atom stereocenters. The van der Waals surface area contributed by atoms with Gasteiger partial charge >= 0.3 is 0 Å². The van der Waals surface area contributed by atoms with Crippen molar-refractivity contribution in [3.63, 3.8) is 0 Å². The maximum absolute atomic E-state index is 10.7. The number of hydrogen-bond acceptors (Lipinski definition) is 5. The van der Waals surface area contributed by atoms with Gasteiger partial charge in [-0.15, -0.1) is 14.8 Å². The number of aryl methyl sites for hydroxylation is 2. The standard InChI is InChI=1S/C30H23N5O/c1-18-14-26-28(16-23(18)31)35(21-9-4-3-5-10-21)29-17-25(19(2)15-27(29)32-26)34-33-24-13-12-20-8-6-7-11-22(20)30(24)36/h3-17H,1-2H3,(H2,31,34,36)/p+1. The third-order valence-corrected chi connectivity index (χ3v) is 6.54. The first-order valence-corrected chi connectivity index (χ1v) is 11.7. The average molecular weight is 471 g/mol. The molecule has 0 spiro atoms. The summed E-state index contributed by atoms with van der Waals surface area (Å²) in [5.74, 6) is 0.119. The number of fused-ring (bicyclic) bond motifs is 3. The summed E-state index contributed by atoms with van der Waals surface area (Å²) in [5.41, 5.74) is 14.6. The maximum atomic E-state index is 10.7. The van der Waals surface area contributed by atoms with Crippen LogP contribution in [-0.2, 0) is 0 Å². The Labute approximate surface area is 208 Å². The zero-order valence-corrected chi connectivity index (χ0v) is 20.0. The lowest BCUT2D eigenvalue weighted by atomic mass is 10.1. The topological polar surface area (TPSA) is 87.7 Å². The van der Waals surface area contributed by atoms with E-state index in [1.54, 1.807) is 6.07 Å². The van der Waals surface area contributed by atoms with Gasteiger partial charge in [-0.25, -0.2) is 4.98 Å². The van der Waals surface area contributed by atoms with Gasteiger partial charge in [0.1, 0.15) is 16.7 Å². The zero-order chi connectivity index (χ0) is 24.8. The second-order valence-corrected chi connectivity index (χ2v) is 8.96. The van der Waals surface area contributed by atoms with Crippen molar-refractivity contribution in [3.8, 4) is 11.4 Å². The Balaban J connectivity index is 1.57. The number of aromatic hydroxyl groups is 1. The van der Waals surface area contributed by atoms with Crippen molar-refractivity contribution in [2.45, 2.75) is 13.8 Å². The van der Waals surface area contributed by atoms with Gasteiger partial charge in [-0.3, -0.25) is 0 Å². The molecule has 1 heterocycles. The molecule has 0 aliphatic heterocycles. The van der Waals surface area contributed by atoms with E-state index in [4.69, 9.17) is 10.7 Å². The molecule has 1 aromatic heterocycles. The molecule has 0 amide bonds. The second-order valence-electron chi connectivity index (χ2n) is 8.96. The fraction of sp³-hybridized carbons (Fsp3) is 0.0667. The molecular weight excluding hydrogens is 446 g/mol. The minimum absolute atomic E-state index is 0.119. The molecule has 36 heavy (non-hydrogen) atoms. The monoisotopic (exact) mass is 470 g/mol. The first kappa shape index (κ1) is 21.7. The number of anilines is 1. The number of nitrogen functional groups attached to an aromatic ring is 1. The molecule has 3 N–H and O–H groups in total. The van der Waals surface area contributed by atoms with Gasteiger partial charge in [0.2, 0.25) is 16.7 Å². The quantitative estimate of drug-likeness (QED) is 0.125. The summed E-state index contributed by atoms with van der Waals surface area (Å²) in [6.45, 7) is 3.98. The normalized spacial score (nSPS) is 11.7. The fourth-order valence-electron chi connectivity index (χ4n) is 4.56. The van der Waals surface area contributed by atoms with Gasteiger partial charge in [-0.1, -0.05) is 48.5 Å². The second kappa shape index (κ2) is 8.43. The lowest BCUT2D eigenvalue weighted by Crippen LogP contribution is -2.33. The summed E-state index contributed by atoms with van der Waals surface area (Å²) < 4.78 is 2.15. The van der Waals surface area contributed by atoms with Crippen molar-refractivity contribution >= 4 is 49.9 Å². The molecule has 0 bridgehead atoms. The molecule has 0 aliphatic rings. The first-order chi connectivity index (χ1) is 17.5. The summed E-state index contributed by atoms with van der Waals surface area (Å²) in [4.78, 5) is 4.95. The average Bonchev–Trinajstić information content (AvgIpc) is 2.89. The van der Waals surface area contributed by atoms with Crippen molar-refractivity contribution < 1.29 is 9.67 Å². The number of phenolic OH excluding ortho intramolecular Hbond substituents is 1. The Bertz CT molecular complexity index is 1830. The van der Waals surface area contributed by atoms with Crippen LogP contribution in [0.1, 0.15) is 11.1 Å². The zero-order valence-electron chi connectivity index (χ0n) is 20.0. The molecule has 6 heteroatoms. The lowest BCUT2D eigenvalue weighted by molar-refractivity contribution is -0.538. The van der Waals surface area contributed by atoms with Crippen LogP contribution in [0.3, 0.4) is 0 Å². The predicted octanol–water partition coefficient (Wildman–Crippen LogP) is 7.14. The smallest absolute Gasteiger partial charge is 0.239 e. The molecule has 5 aromatic carbocycles. The van der Waals surface area contributed by atoms with Gasteiger partial charge in [0.25, 0.3) is 0 Å². The van der Waals surface area contributed by atoms with Crippen LogP contribution in [0.2, 0.25) is 0 Å². The van der Waals surface area contributed by atoms with E-state index in [0.717, 1.165) is 49.7 Å². The molecule has 0 saturated heterocycles. The molecule has 0 fully saturated rings. The van der Waals surface area contributed by atoms with E-state index in [9.17, 15) is 5.11 Å². The highest BCUT2D eigenvalue weighted by molar-refractivity contribution is 5.92. The van der Waals surface area contributed by atoms with Crippen LogP contribution in [0.25, 0.3) is 38.5 Å². The summed E-state index contributed by atoms with van der Waals surface area (Å²) in [5, 5.41) is 21.4. The van der Waals surface area contributed by atoms with Crippen LogP contribution in [0.4, 0.5) is 17.1 Å². The third-order valence-electron chi connectivity index (χ3n) is 6.54. The van der Waals surface area contributed by atoms with E-state index in [-0.39, 0.29) is 5.75 Å². The summed E-state index contributed by atoms with van der Waals surface area (Å²) >= 11 is 0. The van der Waals surface area contributed by atoms with E-state index >= 15 is 0 Å². The Morgan fingerprint density at radius 3 is 2.19 bits per heavy atom. The van der Waals surface area contributed by atoms with Crippen LogP contribution in [0, 0.1) is 13.8 Å². The Hall–Kier alpha value is -4.84. The number of nitrogens with zero attached hydrogens (tertiary/aromatic N) is 4. The largest absolute Gasteiger partial charge is 0.505 e. The SMILES string of the molecule is Cc1cc2nc3cc(C)c(N=Nc4ccc5ccccc5c4O)cc3[n+](-c3ccccc3)c2cc1N. The molecular formula is C30H24N5O+. The van der Waals surface area contributed by atoms with Crippen molar-refractivity contribution in [2.75, 3.05) is 5.73 Å². The number of phenols is 1. The van der Waals surface area contributed by atoms with Gasteiger partial charge in [0.15, 0.2) is 5.75 Å². The first-order valence-electron chi connectivity index (χ1n) is 11.7. The molecule has 6 aromatic rings. The van der Waals surface area contributed by atoms with Crippen molar-refractivity contribution in [2.24, 2.45) is 10.2 Å².